The van der Waals surface area contributed by atoms with Gasteiger partial charge in [-0.2, -0.15) is 0 Å². The molecule has 5 nitrogen and oxygen atoms in total. The second-order valence-corrected chi connectivity index (χ2v) is 6.44. The molecule has 5 heteroatoms. The third-order valence-corrected chi connectivity index (χ3v) is 4.55. The molecule has 3 rings (SSSR count). The van der Waals surface area contributed by atoms with Crippen molar-refractivity contribution < 1.29 is 4.79 Å². The van der Waals surface area contributed by atoms with Crippen LogP contribution in [0.15, 0.2) is 53.5 Å². The van der Waals surface area contributed by atoms with Crippen LogP contribution in [-0.4, -0.2) is 46.0 Å². The first-order valence-corrected chi connectivity index (χ1v) is 8.28. The Bertz CT molecular complexity index is 770. The summed E-state index contributed by atoms with van der Waals surface area (Å²) in [6.45, 7) is 5.41. The molecule has 126 valence electrons. The molecule has 2 heterocycles. The molecule has 24 heavy (non-hydrogen) atoms. The van der Waals surface area contributed by atoms with Crippen LogP contribution in [0.25, 0.3) is 0 Å². The summed E-state index contributed by atoms with van der Waals surface area (Å²) >= 11 is 0. The third kappa shape index (κ3) is 3.57. The zero-order chi connectivity index (χ0) is 17.1. The fourth-order valence-corrected chi connectivity index (χ4v) is 3.21. The highest BCUT2D eigenvalue weighted by Crippen LogP contribution is 2.15. The fraction of sp³-hybridized carbons (Fsp3) is 0.368. The number of hydrogen-bond acceptors (Lipinski definition) is 3. The van der Waals surface area contributed by atoms with Gasteiger partial charge in [-0.05, 0) is 18.6 Å². The number of piperazine rings is 1. The van der Waals surface area contributed by atoms with Crippen molar-refractivity contribution in [3.8, 4) is 0 Å². The van der Waals surface area contributed by atoms with Gasteiger partial charge in [0.05, 0.1) is 5.56 Å². The van der Waals surface area contributed by atoms with E-state index in [1.807, 2.05) is 11.0 Å². The molecule has 0 spiro atoms. The van der Waals surface area contributed by atoms with E-state index < -0.39 is 0 Å². The van der Waals surface area contributed by atoms with Gasteiger partial charge in [-0.25, -0.2) is 0 Å². The predicted octanol–water partition coefficient (Wildman–Crippen LogP) is 1.73. The molecule has 1 aromatic heterocycles. The van der Waals surface area contributed by atoms with Crippen LogP contribution >= 0.6 is 0 Å². The van der Waals surface area contributed by atoms with Crippen LogP contribution in [0.1, 0.15) is 22.8 Å². The van der Waals surface area contributed by atoms with Crippen LogP contribution in [0.3, 0.4) is 0 Å². The maximum atomic E-state index is 12.7. The first kappa shape index (κ1) is 16.5. The minimum absolute atomic E-state index is 0.00235. The minimum atomic E-state index is -0.104. The van der Waals surface area contributed by atoms with E-state index in [0.29, 0.717) is 12.1 Å². The molecular formula is C19H23N3O2. The molecule has 0 N–H and O–H groups in total. The number of carbonyl (C=O) groups excluding carboxylic acids is 1. The standard InChI is InChI=1S/C19H23N3O2/c1-15-12-21(13-16-6-4-3-5-7-16)10-11-22(15)19(24)17-8-9-18(23)20(2)14-17/h3-9,14-15H,10-13H2,1-2H3/t15-/m1/s1. The lowest BCUT2D eigenvalue weighted by atomic mass is 10.1. The van der Waals surface area contributed by atoms with E-state index in [2.05, 4.69) is 36.1 Å². The number of aryl methyl sites for hydroxylation is 1. The molecule has 0 aliphatic carbocycles. The van der Waals surface area contributed by atoms with Gasteiger partial charge in [0.15, 0.2) is 0 Å². The number of aromatic nitrogens is 1. The van der Waals surface area contributed by atoms with Gasteiger partial charge in [0, 0.05) is 51.5 Å². The molecule has 1 aliphatic heterocycles. The lowest BCUT2D eigenvalue weighted by Crippen LogP contribution is -2.53. The van der Waals surface area contributed by atoms with Gasteiger partial charge in [0.25, 0.3) is 5.91 Å². The normalized spacial score (nSPS) is 18.6. The van der Waals surface area contributed by atoms with Gasteiger partial charge >= 0.3 is 0 Å². The van der Waals surface area contributed by atoms with E-state index in [-0.39, 0.29) is 17.5 Å². The first-order valence-electron chi connectivity index (χ1n) is 8.28. The summed E-state index contributed by atoms with van der Waals surface area (Å²) in [7, 11) is 1.67. The Hall–Kier alpha value is -2.40. The van der Waals surface area contributed by atoms with E-state index in [0.717, 1.165) is 19.6 Å². The number of amides is 1. The summed E-state index contributed by atoms with van der Waals surface area (Å²) in [5, 5.41) is 0. The van der Waals surface area contributed by atoms with Crippen molar-refractivity contribution in [2.24, 2.45) is 7.05 Å². The number of carbonyl (C=O) groups is 1. The maximum Gasteiger partial charge on any atom is 0.255 e. The molecule has 0 bridgehead atoms. The molecule has 1 fully saturated rings. The van der Waals surface area contributed by atoms with E-state index >= 15 is 0 Å². The summed E-state index contributed by atoms with van der Waals surface area (Å²) in [4.78, 5) is 28.5. The Balaban J connectivity index is 1.66. The van der Waals surface area contributed by atoms with Crippen molar-refractivity contribution >= 4 is 5.91 Å². The molecule has 1 atom stereocenters. The monoisotopic (exact) mass is 325 g/mol. The Morgan fingerprint density at radius 2 is 1.88 bits per heavy atom. The summed E-state index contributed by atoms with van der Waals surface area (Å²) in [5.74, 6) is -0.00235. The zero-order valence-corrected chi connectivity index (χ0v) is 14.2. The summed E-state index contributed by atoms with van der Waals surface area (Å²) in [5.41, 5.74) is 1.76. The topological polar surface area (TPSA) is 45.6 Å². The van der Waals surface area contributed by atoms with E-state index in [1.165, 1.54) is 16.2 Å². The Morgan fingerprint density at radius 1 is 1.12 bits per heavy atom. The van der Waals surface area contributed by atoms with Crippen molar-refractivity contribution in [2.75, 3.05) is 19.6 Å². The van der Waals surface area contributed by atoms with Crippen molar-refractivity contribution in [2.45, 2.75) is 19.5 Å². The van der Waals surface area contributed by atoms with Crippen LogP contribution in [0.4, 0.5) is 0 Å². The van der Waals surface area contributed by atoms with Gasteiger partial charge < -0.3 is 9.47 Å². The predicted molar refractivity (Wildman–Crippen MR) is 93.9 cm³/mol. The number of pyridine rings is 1. The van der Waals surface area contributed by atoms with E-state index in [9.17, 15) is 9.59 Å². The smallest absolute Gasteiger partial charge is 0.255 e. The van der Waals surface area contributed by atoms with Gasteiger partial charge in [-0.1, -0.05) is 30.3 Å². The summed E-state index contributed by atoms with van der Waals surface area (Å²) in [6.07, 6.45) is 1.62. The van der Waals surface area contributed by atoms with Crippen LogP contribution in [0, 0.1) is 0 Å². The highest BCUT2D eigenvalue weighted by molar-refractivity contribution is 5.94. The third-order valence-electron chi connectivity index (χ3n) is 4.55. The van der Waals surface area contributed by atoms with Gasteiger partial charge in [0.2, 0.25) is 5.56 Å². The zero-order valence-electron chi connectivity index (χ0n) is 14.2. The van der Waals surface area contributed by atoms with E-state index in [1.54, 1.807) is 19.3 Å². The Labute approximate surface area is 142 Å². The molecule has 1 aliphatic rings. The average Bonchev–Trinajstić information content (AvgIpc) is 2.58. The lowest BCUT2D eigenvalue weighted by molar-refractivity contribution is 0.0474. The molecular weight excluding hydrogens is 302 g/mol. The molecule has 1 amide bonds. The molecule has 0 saturated carbocycles. The van der Waals surface area contributed by atoms with E-state index in [4.69, 9.17) is 0 Å². The van der Waals surface area contributed by atoms with Crippen LogP contribution < -0.4 is 5.56 Å². The molecule has 1 saturated heterocycles. The first-order chi connectivity index (χ1) is 11.5. The quantitative estimate of drug-likeness (QED) is 0.863. The number of rotatable bonds is 3. The molecule has 0 unspecified atom stereocenters. The Kier molecular flexibility index (Phi) is 4.81. The minimum Gasteiger partial charge on any atom is -0.333 e. The Morgan fingerprint density at radius 3 is 2.54 bits per heavy atom. The highest BCUT2D eigenvalue weighted by atomic mass is 16.2. The van der Waals surface area contributed by atoms with Gasteiger partial charge in [0.1, 0.15) is 0 Å². The number of benzene rings is 1. The highest BCUT2D eigenvalue weighted by Gasteiger charge is 2.28. The van der Waals surface area contributed by atoms with Crippen LogP contribution in [0.2, 0.25) is 0 Å². The van der Waals surface area contributed by atoms with Crippen LogP contribution in [0.5, 0.6) is 0 Å². The second kappa shape index (κ2) is 7.01. The fourth-order valence-electron chi connectivity index (χ4n) is 3.21. The SMILES string of the molecule is C[C@@H]1CN(Cc2ccccc2)CCN1C(=O)c1ccc(=O)n(C)c1. The summed E-state index contributed by atoms with van der Waals surface area (Å²) < 4.78 is 1.45. The molecule has 1 aromatic carbocycles. The van der Waals surface area contributed by atoms with Crippen molar-refractivity contribution in [1.82, 2.24) is 14.4 Å². The van der Waals surface area contributed by atoms with Crippen molar-refractivity contribution in [3.05, 3.63) is 70.1 Å². The lowest BCUT2D eigenvalue weighted by Gasteiger charge is -2.40. The number of hydrogen-bond donors (Lipinski definition) is 0. The van der Waals surface area contributed by atoms with Crippen molar-refractivity contribution in [1.29, 1.82) is 0 Å². The van der Waals surface area contributed by atoms with Crippen molar-refractivity contribution in [3.63, 3.8) is 0 Å². The van der Waals surface area contributed by atoms with Gasteiger partial charge in [-0.3, -0.25) is 14.5 Å². The number of nitrogens with zero attached hydrogens (tertiary/aromatic N) is 3. The van der Waals surface area contributed by atoms with Gasteiger partial charge in [-0.15, -0.1) is 0 Å². The largest absolute Gasteiger partial charge is 0.333 e. The molecule has 0 radical (unpaired) electrons. The summed E-state index contributed by atoms with van der Waals surface area (Å²) in [6, 6.07) is 13.6. The average molecular weight is 325 g/mol. The maximum absolute atomic E-state index is 12.7. The second-order valence-electron chi connectivity index (χ2n) is 6.44. The molecule has 2 aromatic rings. The van der Waals surface area contributed by atoms with Crippen LogP contribution in [-0.2, 0) is 13.6 Å².